The van der Waals surface area contributed by atoms with Gasteiger partial charge >= 0.3 is 0 Å². The zero-order valence-corrected chi connectivity index (χ0v) is 63.8. The van der Waals surface area contributed by atoms with Gasteiger partial charge in [0.05, 0.1) is 10.8 Å². The van der Waals surface area contributed by atoms with E-state index in [0.717, 1.165) is 50.3 Å². The highest BCUT2D eigenvalue weighted by molar-refractivity contribution is 6.82. The number of hydrogen-bond donors (Lipinski definition) is 2. The number of likely N-dealkylation sites (N-methyl/N-ethyl adjacent to an activating group) is 1. The number of aromatic nitrogens is 8. The van der Waals surface area contributed by atoms with Crippen molar-refractivity contribution in [3.05, 3.63) is 117 Å². The highest BCUT2D eigenvalue weighted by Crippen LogP contribution is 2.87. The largest absolute Gasteiger partial charge is 0.324 e. The molecular formula is C107H47N9. The molecule has 7 aliphatic rings. The summed E-state index contributed by atoms with van der Waals surface area (Å²) < 4.78 is 0. The van der Waals surface area contributed by atoms with E-state index in [2.05, 4.69) is 157 Å². The van der Waals surface area contributed by atoms with Crippen molar-refractivity contribution in [3.63, 3.8) is 0 Å². The highest BCUT2D eigenvalue weighted by Gasteiger charge is 2.76. The molecule has 42 rings (SSSR count). The summed E-state index contributed by atoms with van der Waals surface area (Å²) >= 11 is 0. The Balaban J connectivity index is 0.695. The van der Waals surface area contributed by atoms with Crippen LogP contribution in [0.1, 0.15) is 113 Å². The quantitative estimate of drug-likeness (QED) is 0.157. The van der Waals surface area contributed by atoms with E-state index in [-0.39, 0.29) is 22.3 Å². The molecule has 2 N–H and O–H groups in total. The summed E-state index contributed by atoms with van der Waals surface area (Å²) in [6.45, 7) is 21.5. The topological polar surface area (TPSA) is 112 Å². The minimum Gasteiger partial charge on any atom is -0.324 e. The zero-order valence-electron chi connectivity index (χ0n) is 63.8. The molecule has 8 bridgehead atoms. The van der Waals surface area contributed by atoms with E-state index < -0.39 is 10.8 Å². The lowest BCUT2D eigenvalue weighted by molar-refractivity contribution is 0.271. The number of benzene rings is 22. The molecule has 1 saturated heterocycles. The number of hydrogen-bond acceptors (Lipinski definition) is 7. The third kappa shape index (κ3) is 3.80. The lowest BCUT2D eigenvalue weighted by Crippen LogP contribution is -2.51. The van der Waals surface area contributed by atoms with E-state index in [9.17, 15) is 0 Å². The molecule has 520 valence electrons. The molecule has 116 heavy (non-hydrogen) atoms. The Morgan fingerprint density at radius 1 is 0.259 bits per heavy atom. The van der Waals surface area contributed by atoms with Crippen LogP contribution in [0.15, 0.2) is 72.8 Å². The van der Waals surface area contributed by atoms with Gasteiger partial charge < -0.3 is 9.97 Å². The number of fused-ring (bicyclic) bond motifs is 20. The van der Waals surface area contributed by atoms with Crippen LogP contribution in [0.2, 0.25) is 0 Å². The Morgan fingerprint density at radius 3 is 0.802 bits per heavy atom. The Hall–Kier alpha value is -13.3. The highest BCUT2D eigenvalue weighted by atomic mass is 15.2. The fourth-order valence-electron chi connectivity index (χ4n) is 32.9. The van der Waals surface area contributed by atoms with Crippen LogP contribution in [0, 0.1) is 0 Å². The fraction of sp³-hybridized carbons (Fsp3) is 0.159. The predicted octanol–water partition coefficient (Wildman–Crippen LogP) is 27.1. The van der Waals surface area contributed by atoms with E-state index in [1.807, 2.05) is 0 Å². The summed E-state index contributed by atoms with van der Waals surface area (Å²) in [5.41, 5.74) is 17.0. The van der Waals surface area contributed by atoms with Crippen molar-refractivity contribution >= 4 is 335 Å². The average Bonchev–Trinajstić information content (AvgIpc) is 1.38. The predicted molar refractivity (Wildman–Crippen MR) is 481 cm³/mol. The van der Waals surface area contributed by atoms with Gasteiger partial charge in [-0.25, -0.2) is 29.9 Å². The second kappa shape index (κ2) is 13.4. The number of nitrogens with one attached hydrogen (secondary N) is 2. The maximum atomic E-state index is 5.98. The summed E-state index contributed by atoms with van der Waals surface area (Å²) in [7, 11) is 2.58. The monoisotopic (exact) mass is 1460 g/mol. The summed E-state index contributed by atoms with van der Waals surface area (Å²) in [5, 5.41) is 91.4. The lowest BCUT2D eigenvalue weighted by atomic mass is 9.47. The van der Waals surface area contributed by atoms with E-state index in [0.29, 0.717) is 45.9 Å². The van der Waals surface area contributed by atoms with E-state index in [1.54, 1.807) is 313 Å². The number of nitrogens with zero attached hydrogens (tertiary/aromatic N) is 7. The number of H-pyrrole nitrogens is 2. The second-order valence-corrected chi connectivity index (χ2v) is 42.2. The van der Waals surface area contributed by atoms with Gasteiger partial charge in [0, 0.05) is 56.4 Å². The Bertz CT molecular complexity index is 10800. The lowest BCUT2D eigenvalue weighted by Gasteiger charge is -2.52. The standard InChI is InChI=1S/C107H47N9/c1-103(2,3)25-12-16-29-33(20-25)101-111-96(29)109-99-32-19-24(11-15-28(32)95(108-99)110-100-34-21-26(104(4,5)6)13-17-30(34)97(112-100)114-102-35-22-27(105(7,8)9)14-18-31(35)98(113-101)115-102)94-107-92-86-80-70-58-50-42-38-36-37-40-44(42)52(58)62-56-48(40)49-41(37)45-43-39(36)47-46(38)54-60(50)68-74-64(54)65-55(47)61-51(43)59-53(45)63-57(49)67-66(56)78(72(62)80)88(92)89-79(67)73(63)81-71(59)77-69(61)75(65)83-82(74)90(84(86)76(68)70)106(107,23-116(94)10)91(83)85(77)87(81)93(89)107/h11-22,94H,23H2,1-10H3,(H2,108,109,110,111,112,113,114,115). The van der Waals surface area contributed by atoms with E-state index in [1.165, 1.54) is 22.3 Å². The average molecular weight is 1460 g/mol. The van der Waals surface area contributed by atoms with Crippen LogP contribution in [0.4, 0.5) is 0 Å². The minimum absolute atomic E-state index is 0.119. The summed E-state index contributed by atoms with van der Waals surface area (Å²) in [5.74, 6) is 2.49. The zero-order chi connectivity index (χ0) is 73.5. The van der Waals surface area contributed by atoms with Crippen LogP contribution < -0.4 is 0 Å². The molecule has 3 aliphatic heterocycles. The third-order valence-corrected chi connectivity index (χ3v) is 35.7. The fourth-order valence-corrected chi connectivity index (χ4v) is 32.9. The third-order valence-electron chi connectivity index (χ3n) is 35.7. The van der Waals surface area contributed by atoms with Crippen LogP contribution in [-0.4, -0.2) is 58.4 Å². The molecule has 0 radical (unpaired) electrons. The van der Waals surface area contributed by atoms with Crippen molar-refractivity contribution in [3.8, 4) is 45.6 Å². The normalized spacial score (nSPS) is 19.9. The Morgan fingerprint density at radius 2 is 0.500 bits per heavy atom. The van der Waals surface area contributed by atoms with Crippen molar-refractivity contribution in [1.82, 2.24) is 44.8 Å². The minimum atomic E-state index is -0.574. The number of rotatable bonds is 1. The van der Waals surface area contributed by atoms with Gasteiger partial charge in [-0.3, -0.25) is 4.90 Å². The Kier molecular flexibility index (Phi) is 6.00. The first-order valence-electron chi connectivity index (χ1n) is 42.3. The molecule has 9 nitrogen and oxygen atoms in total. The summed E-state index contributed by atoms with van der Waals surface area (Å²) in [6, 6.07) is 27.9. The van der Waals surface area contributed by atoms with Crippen LogP contribution >= 0.6 is 0 Å². The molecule has 9 heteroatoms. The van der Waals surface area contributed by atoms with Gasteiger partial charge in [-0.1, -0.05) is 111 Å². The summed E-state index contributed by atoms with van der Waals surface area (Å²) in [6.07, 6.45) is 0. The summed E-state index contributed by atoms with van der Waals surface area (Å²) in [4.78, 5) is 45.2. The number of aromatic amines is 2. The van der Waals surface area contributed by atoms with Crippen molar-refractivity contribution in [2.45, 2.75) is 95.4 Å². The van der Waals surface area contributed by atoms with Gasteiger partial charge in [0.1, 0.15) is 22.6 Å². The van der Waals surface area contributed by atoms with Crippen molar-refractivity contribution in [2.75, 3.05) is 13.6 Å². The van der Waals surface area contributed by atoms with Crippen molar-refractivity contribution in [2.24, 2.45) is 0 Å². The van der Waals surface area contributed by atoms with Crippen LogP contribution in [0.3, 0.4) is 0 Å². The Labute approximate surface area is 647 Å². The molecular weight excluding hydrogens is 1410 g/mol. The molecule has 1 fully saturated rings. The SMILES string of the molecule is CN1CC23c4c5c6c7c8c9c(c%10c%11c2c2c4c4c%12c5c5c6c6c8c8c%13c9c9c%10c%10c%11c%11c2c2c4c4c%12c%12c5c5c6c8c6c8c%13c9c9c%10c%10c%11c2c2c4c4c%12c5c6c5c8c9c%10c2c45)C73C1c1ccc2c(c1)-c1nc-2nc2[nH]c(nc3nc(nc4[nH]c(n1)c1ccc(C(C)(C)C)cc41)-c1ccc(C(C)(C)C)cc1-3)c1ccc(C(C)(C)C)cc21. The molecule has 2 spiro atoms. The maximum Gasteiger partial charge on any atom is 0.164 e. The van der Waals surface area contributed by atoms with Gasteiger partial charge in [0.25, 0.3) is 0 Å². The van der Waals surface area contributed by atoms with Gasteiger partial charge in [-0.15, -0.1) is 0 Å². The van der Waals surface area contributed by atoms with Crippen LogP contribution in [0.25, 0.3) is 381 Å². The molecule has 6 heterocycles. The molecule has 1 atom stereocenters. The molecule has 35 aromatic rings. The van der Waals surface area contributed by atoms with Crippen LogP contribution in [-0.2, 0) is 27.1 Å². The molecule has 0 amide bonds. The maximum absolute atomic E-state index is 5.98. The molecule has 0 saturated carbocycles. The van der Waals surface area contributed by atoms with Crippen molar-refractivity contribution < 1.29 is 0 Å². The van der Waals surface area contributed by atoms with Crippen molar-refractivity contribution in [1.29, 1.82) is 0 Å². The smallest absolute Gasteiger partial charge is 0.164 e. The van der Waals surface area contributed by atoms with Gasteiger partial charge in [-0.05, 0) is 383 Å². The first kappa shape index (κ1) is 52.1. The van der Waals surface area contributed by atoms with Gasteiger partial charge in [0.15, 0.2) is 23.3 Å². The number of likely N-dealkylation sites (tertiary alicyclic amines) is 1. The van der Waals surface area contributed by atoms with E-state index in [4.69, 9.17) is 29.9 Å². The molecule has 3 aromatic heterocycles. The van der Waals surface area contributed by atoms with Crippen LogP contribution in [0.5, 0.6) is 0 Å². The van der Waals surface area contributed by atoms with Gasteiger partial charge in [-0.2, -0.15) is 0 Å². The first-order valence-corrected chi connectivity index (χ1v) is 42.3. The molecule has 1 unspecified atom stereocenters. The molecule has 32 aromatic carbocycles. The van der Waals surface area contributed by atoms with E-state index >= 15 is 0 Å². The molecule has 4 aliphatic carbocycles. The van der Waals surface area contributed by atoms with Gasteiger partial charge in [0.2, 0.25) is 0 Å². The second-order valence-electron chi connectivity index (χ2n) is 42.2. The first-order chi connectivity index (χ1) is 56.5.